The molecular weight excluding hydrogens is 429 g/mol. The molecule has 1 fully saturated rings. The number of halogens is 3. The number of aryl methyl sites for hydroxylation is 1. The van der Waals surface area contributed by atoms with E-state index in [9.17, 15) is 38.7 Å². The third kappa shape index (κ3) is 5.07. The number of aliphatic hydroxyl groups is 5. The average molecular weight is 456 g/mol. The Morgan fingerprint density at radius 3 is 2.12 bits per heavy atom. The van der Waals surface area contributed by atoms with E-state index >= 15 is 0 Å². The number of hydrogen-bond donors (Lipinski definition) is 5. The van der Waals surface area contributed by atoms with E-state index in [1.54, 1.807) is 0 Å². The third-order valence-electron chi connectivity index (χ3n) is 6.03. The topological polar surface area (TPSA) is 110 Å². The van der Waals surface area contributed by atoms with Crippen molar-refractivity contribution in [3.8, 4) is 5.75 Å². The van der Waals surface area contributed by atoms with Crippen LogP contribution in [0.2, 0.25) is 0 Å². The van der Waals surface area contributed by atoms with Gasteiger partial charge in [0.2, 0.25) is 0 Å². The van der Waals surface area contributed by atoms with Gasteiger partial charge in [-0.3, -0.25) is 0 Å². The van der Waals surface area contributed by atoms with E-state index in [4.69, 9.17) is 0 Å². The minimum atomic E-state index is -5.06. The summed E-state index contributed by atoms with van der Waals surface area (Å²) >= 11 is 0. The number of alkyl halides is 3. The van der Waals surface area contributed by atoms with E-state index < -0.39 is 55.0 Å². The van der Waals surface area contributed by atoms with Crippen LogP contribution >= 0.6 is 0 Å². The summed E-state index contributed by atoms with van der Waals surface area (Å²) in [4.78, 5) is 0. The predicted molar refractivity (Wildman–Crippen MR) is 109 cm³/mol. The maximum absolute atomic E-state index is 13.0. The zero-order valence-electron chi connectivity index (χ0n) is 17.5. The summed E-state index contributed by atoms with van der Waals surface area (Å²) in [6, 6.07) is 11.4. The maximum Gasteiger partial charge on any atom is 0.573 e. The number of aliphatic hydroxyl groups excluding tert-OH is 4. The summed E-state index contributed by atoms with van der Waals surface area (Å²) in [5, 5.41) is 51.5. The molecule has 0 amide bonds. The van der Waals surface area contributed by atoms with Crippen LogP contribution in [0.15, 0.2) is 42.5 Å². The molecule has 0 unspecified atom stereocenters. The van der Waals surface area contributed by atoms with Crippen molar-refractivity contribution in [1.82, 2.24) is 0 Å². The summed E-state index contributed by atoms with van der Waals surface area (Å²) in [6.07, 6.45) is -9.78. The van der Waals surface area contributed by atoms with Crippen molar-refractivity contribution in [2.45, 2.75) is 56.5 Å². The van der Waals surface area contributed by atoms with Crippen LogP contribution in [0, 0.1) is 5.92 Å². The fourth-order valence-electron chi connectivity index (χ4n) is 4.20. The van der Waals surface area contributed by atoms with Crippen molar-refractivity contribution in [3.63, 3.8) is 0 Å². The molecule has 0 bridgehead atoms. The highest BCUT2D eigenvalue weighted by Crippen LogP contribution is 2.45. The van der Waals surface area contributed by atoms with Crippen LogP contribution in [0.4, 0.5) is 13.2 Å². The molecule has 1 aliphatic carbocycles. The molecule has 3 rings (SSSR count). The van der Waals surface area contributed by atoms with E-state index in [2.05, 4.69) is 4.74 Å². The van der Waals surface area contributed by atoms with Crippen molar-refractivity contribution in [1.29, 1.82) is 0 Å². The zero-order chi connectivity index (χ0) is 23.7. The fraction of sp³-hybridized carbons (Fsp3) is 0.478. The van der Waals surface area contributed by atoms with Crippen LogP contribution in [-0.4, -0.2) is 56.8 Å². The molecule has 2 aromatic carbocycles. The van der Waals surface area contributed by atoms with Crippen molar-refractivity contribution in [2.75, 3.05) is 6.61 Å². The smallest absolute Gasteiger partial charge is 0.405 e. The highest BCUT2D eigenvalue weighted by Gasteiger charge is 2.53. The summed E-state index contributed by atoms with van der Waals surface area (Å²) in [7, 11) is 0. The highest BCUT2D eigenvalue weighted by atomic mass is 19.4. The Hall–Kier alpha value is -2.17. The van der Waals surface area contributed by atoms with Gasteiger partial charge >= 0.3 is 6.36 Å². The van der Waals surface area contributed by atoms with Crippen LogP contribution in [0.3, 0.4) is 0 Å². The van der Waals surface area contributed by atoms with Gasteiger partial charge in [-0.15, -0.1) is 13.2 Å². The summed E-state index contributed by atoms with van der Waals surface area (Å²) in [5.41, 5.74) is -0.215. The van der Waals surface area contributed by atoms with Crippen molar-refractivity contribution in [3.05, 3.63) is 64.7 Å². The summed E-state index contributed by atoms with van der Waals surface area (Å²) in [5.74, 6) is -1.80. The second-order valence-electron chi connectivity index (χ2n) is 8.22. The van der Waals surface area contributed by atoms with Crippen LogP contribution in [-0.2, 0) is 18.4 Å². The van der Waals surface area contributed by atoms with Crippen LogP contribution < -0.4 is 4.74 Å². The van der Waals surface area contributed by atoms with Gasteiger partial charge < -0.3 is 30.3 Å². The second-order valence-corrected chi connectivity index (χ2v) is 8.22. The lowest BCUT2D eigenvalue weighted by molar-refractivity contribution is -0.276. The Bertz CT molecular complexity index is 915. The first-order valence-corrected chi connectivity index (χ1v) is 10.3. The van der Waals surface area contributed by atoms with Gasteiger partial charge in [-0.25, -0.2) is 0 Å². The normalized spacial score (nSPS) is 28.5. The quantitative estimate of drug-likeness (QED) is 0.455. The number of rotatable bonds is 6. The van der Waals surface area contributed by atoms with Crippen molar-refractivity contribution < 1.29 is 43.4 Å². The first kappa shape index (κ1) is 24.5. The standard InChI is InChI=1S/C23H27F3O6/c1-2-13-3-5-14(6-4-13)9-15-7-8-18(32-23(24,25)26)17(10-15)22(31)11-16(12-27)19(28)20(29)21(22)30/h3-8,10,16,19-21,27-31H,2,9,11-12H2,1H3/t16-,19-,20+,21-,22-/m1/s1. The first-order valence-electron chi connectivity index (χ1n) is 10.3. The maximum atomic E-state index is 13.0. The molecule has 0 saturated heterocycles. The average Bonchev–Trinajstić information content (AvgIpc) is 2.75. The van der Waals surface area contributed by atoms with Gasteiger partial charge in [0, 0.05) is 18.1 Å². The summed E-state index contributed by atoms with van der Waals surface area (Å²) in [6.45, 7) is 1.37. The van der Waals surface area contributed by atoms with Crippen molar-refractivity contribution in [2.24, 2.45) is 5.92 Å². The lowest BCUT2D eigenvalue weighted by Crippen LogP contribution is -2.59. The van der Waals surface area contributed by atoms with E-state index in [-0.39, 0.29) is 5.56 Å². The molecule has 1 saturated carbocycles. The first-order chi connectivity index (χ1) is 15.0. The van der Waals surface area contributed by atoms with E-state index in [1.807, 2.05) is 31.2 Å². The zero-order valence-corrected chi connectivity index (χ0v) is 17.5. The Morgan fingerprint density at radius 1 is 0.969 bits per heavy atom. The number of benzene rings is 2. The van der Waals surface area contributed by atoms with Gasteiger partial charge in [0.05, 0.1) is 6.10 Å². The lowest BCUT2D eigenvalue weighted by atomic mass is 9.69. The molecule has 0 aliphatic heterocycles. The molecule has 0 aromatic heterocycles. The Labute approximate surface area is 183 Å². The Morgan fingerprint density at radius 2 is 1.56 bits per heavy atom. The molecule has 9 heteroatoms. The SMILES string of the molecule is CCc1ccc(Cc2ccc(OC(F)(F)F)c([C@]3(O)C[C@H](CO)[C@@H](O)[C@H](O)[C@H]3O)c2)cc1. The molecule has 5 atom stereocenters. The van der Waals surface area contributed by atoms with Gasteiger partial charge in [0.25, 0.3) is 0 Å². The molecule has 32 heavy (non-hydrogen) atoms. The largest absolute Gasteiger partial charge is 0.573 e. The predicted octanol–water partition coefficient (Wildman–Crippen LogP) is 2.02. The second kappa shape index (κ2) is 9.36. The van der Waals surface area contributed by atoms with Gasteiger partial charge in [-0.05, 0) is 48.1 Å². The van der Waals surface area contributed by atoms with Crippen LogP contribution in [0.25, 0.3) is 0 Å². The van der Waals surface area contributed by atoms with Crippen LogP contribution in [0.5, 0.6) is 5.75 Å². The molecule has 0 spiro atoms. The third-order valence-corrected chi connectivity index (χ3v) is 6.03. The minimum absolute atomic E-state index is 0.337. The van der Waals surface area contributed by atoms with E-state index in [1.165, 1.54) is 12.1 Å². The van der Waals surface area contributed by atoms with E-state index in [0.717, 1.165) is 23.6 Å². The molecule has 176 valence electrons. The monoisotopic (exact) mass is 456 g/mol. The molecule has 6 nitrogen and oxygen atoms in total. The molecule has 5 N–H and O–H groups in total. The Balaban J connectivity index is 2.04. The van der Waals surface area contributed by atoms with E-state index in [0.29, 0.717) is 12.0 Å². The Kier molecular flexibility index (Phi) is 7.16. The van der Waals surface area contributed by atoms with Gasteiger partial charge in [-0.1, -0.05) is 37.3 Å². The molecule has 0 heterocycles. The molecule has 1 aliphatic rings. The van der Waals surface area contributed by atoms with Gasteiger partial charge in [-0.2, -0.15) is 0 Å². The number of hydrogen-bond acceptors (Lipinski definition) is 6. The molecule has 0 radical (unpaired) electrons. The highest BCUT2D eigenvalue weighted by molar-refractivity contribution is 5.44. The number of ether oxygens (including phenoxy) is 1. The molecular formula is C23H27F3O6. The van der Waals surface area contributed by atoms with Gasteiger partial charge in [0.1, 0.15) is 23.6 Å². The minimum Gasteiger partial charge on any atom is -0.405 e. The van der Waals surface area contributed by atoms with Crippen molar-refractivity contribution >= 4 is 0 Å². The lowest BCUT2D eigenvalue weighted by Gasteiger charge is -2.46. The van der Waals surface area contributed by atoms with Gasteiger partial charge in [0.15, 0.2) is 0 Å². The fourth-order valence-corrected chi connectivity index (χ4v) is 4.20. The summed E-state index contributed by atoms with van der Waals surface area (Å²) < 4.78 is 43.1. The van der Waals surface area contributed by atoms with Crippen LogP contribution in [0.1, 0.15) is 35.6 Å². The molecule has 2 aromatic rings.